The Balaban J connectivity index is 2.11. The van der Waals surface area contributed by atoms with Gasteiger partial charge in [0.25, 0.3) is 5.91 Å². The summed E-state index contributed by atoms with van der Waals surface area (Å²) in [6.45, 7) is 3.11. The number of carbonyl (C=O) groups is 1. The van der Waals surface area contributed by atoms with Gasteiger partial charge in [0.1, 0.15) is 10.7 Å². The highest BCUT2D eigenvalue weighted by atomic mass is 32.2. The number of piperidine rings is 1. The van der Waals surface area contributed by atoms with Gasteiger partial charge in [-0.15, -0.1) is 0 Å². The Morgan fingerprint density at radius 1 is 1.58 bits per heavy atom. The first kappa shape index (κ1) is 14.0. The molecule has 1 aromatic rings. The van der Waals surface area contributed by atoms with Gasteiger partial charge in [-0.3, -0.25) is 4.79 Å². The van der Waals surface area contributed by atoms with Crippen molar-refractivity contribution in [2.75, 3.05) is 13.1 Å². The topological polar surface area (TPSA) is 114 Å². The van der Waals surface area contributed by atoms with E-state index in [2.05, 4.69) is 10.6 Å². The molecule has 19 heavy (non-hydrogen) atoms. The van der Waals surface area contributed by atoms with Crippen LogP contribution >= 0.6 is 0 Å². The molecule has 0 aliphatic carbocycles. The maximum absolute atomic E-state index is 11.9. The van der Waals surface area contributed by atoms with Crippen LogP contribution in [0.15, 0.2) is 15.4 Å². The van der Waals surface area contributed by atoms with Crippen molar-refractivity contribution in [1.29, 1.82) is 0 Å². The predicted molar refractivity (Wildman–Crippen MR) is 68.2 cm³/mol. The summed E-state index contributed by atoms with van der Waals surface area (Å²) >= 11 is 0. The fourth-order valence-corrected chi connectivity index (χ4v) is 2.80. The molecule has 106 valence electrons. The van der Waals surface area contributed by atoms with Crippen LogP contribution < -0.4 is 15.8 Å². The molecule has 0 spiro atoms. The molecule has 1 aromatic heterocycles. The Morgan fingerprint density at radius 2 is 2.32 bits per heavy atom. The molecule has 1 amide bonds. The van der Waals surface area contributed by atoms with Gasteiger partial charge in [0.2, 0.25) is 10.0 Å². The van der Waals surface area contributed by atoms with Crippen LogP contribution in [0.1, 0.15) is 29.2 Å². The summed E-state index contributed by atoms with van der Waals surface area (Å²) < 4.78 is 27.7. The molecular weight excluding hydrogens is 270 g/mol. The van der Waals surface area contributed by atoms with Gasteiger partial charge >= 0.3 is 0 Å². The van der Waals surface area contributed by atoms with Gasteiger partial charge in [-0.1, -0.05) is 0 Å². The molecule has 4 N–H and O–H groups in total. The van der Waals surface area contributed by atoms with Crippen molar-refractivity contribution in [3.63, 3.8) is 0 Å². The lowest BCUT2D eigenvalue weighted by atomic mass is 10.1. The number of nitrogens with one attached hydrogen (secondary N) is 2. The molecule has 1 aliphatic heterocycles. The van der Waals surface area contributed by atoms with Crippen LogP contribution in [0.5, 0.6) is 0 Å². The second kappa shape index (κ2) is 5.32. The Bertz CT molecular complexity index is 573. The van der Waals surface area contributed by atoms with Crippen molar-refractivity contribution in [3.05, 3.63) is 17.6 Å². The largest absolute Gasteiger partial charge is 0.455 e. The molecule has 0 unspecified atom stereocenters. The number of furan rings is 1. The first-order valence-corrected chi connectivity index (χ1v) is 7.57. The van der Waals surface area contributed by atoms with Gasteiger partial charge in [0.05, 0.1) is 0 Å². The van der Waals surface area contributed by atoms with Gasteiger partial charge in [0.15, 0.2) is 5.76 Å². The van der Waals surface area contributed by atoms with Crippen LogP contribution in [0.4, 0.5) is 0 Å². The lowest BCUT2D eigenvalue weighted by Crippen LogP contribution is -2.45. The average Bonchev–Trinajstić information content (AvgIpc) is 2.72. The molecule has 0 saturated carbocycles. The summed E-state index contributed by atoms with van der Waals surface area (Å²) in [4.78, 5) is 11.8. The van der Waals surface area contributed by atoms with Crippen molar-refractivity contribution in [3.8, 4) is 0 Å². The van der Waals surface area contributed by atoms with Crippen LogP contribution in [0.3, 0.4) is 0 Å². The van der Waals surface area contributed by atoms with E-state index in [1.165, 1.54) is 6.92 Å². The fraction of sp³-hybridized carbons (Fsp3) is 0.545. The molecule has 1 aliphatic rings. The second-order valence-corrected chi connectivity index (χ2v) is 6.12. The van der Waals surface area contributed by atoms with Gasteiger partial charge in [-0.25, -0.2) is 13.6 Å². The Morgan fingerprint density at radius 3 is 2.84 bits per heavy atom. The van der Waals surface area contributed by atoms with Crippen molar-refractivity contribution in [2.45, 2.75) is 30.7 Å². The van der Waals surface area contributed by atoms with Gasteiger partial charge in [-0.05, 0) is 26.3 Å². The van der Waals surface area contributed by atoms with E-state index in [0.29, 0.717) is 6.54 Å². The van der Waals surface area contributed by atoms with E-state index in [9.17, 15) is 13.2 Å². The van der Waals surface area contributed by atoms with E-state index in [0.717, 1.165) is 25.5 Å². The second-order valence-electron chi connectivity index (χ2n) is 4.59. The summed E-state index contributed by atoms with van der Waals surface area (Å²) in [5.41, 5.74) is 0. The summed E-state index contributed by atoms with van der Waals surface area (Å²) in [5, 5.41) is 11.0. The Kier molecular flexibility index (Phi) is 3.93. The minimum Gasteiger partial charge on any atom is -0.455 e. The van der Waals surface area contributed by atoms with Crippen LogP contribution in [0.2, 0.25) is 0 Å². The van der Waals surface area contributed by atoms with Crippen LogP contribution in [0.25, 0.3) is 0 Å². The molecule has 0 aromatic carbocycles. The molecule has 0 bridgehead atoms. The lowest BCUT2D eigenvalue weighted by molar-refractivity contribution is 0.0901. The van der Waals surface area contributed by atoms with Crippen LogP contribution in [-0.4, -0.2) is 33.5 Å². The molecule has 2 rings (SSSR count). The zero-order valence-electron chi connectivity index (χ0n) is 10.6. The number of amides is 1. The van der Waals surface area contributed by atoms with Crippen molar-refractivity contribution in [2.24, 2.45) is 5.14 Å². The van der Waals surface area contributed by atoms with E-state index in [-0.39, 0.29) is 22.5 Å². The third kappa shape index (κ3) is 3.34. The van der Waals surface area contributed by atoms with Gasteiger partial charge in [0, 0.05) is 18.7 Å². The monoisotopic (exact) mass is 287 g/mol. The Hall–Kier alpha value is -1.38. The lowest BCUT2D eigenvalue weighted by Gasteiger charge is -2.23. The SMILES string of the molecule is Cc1oc(C(=O)N[C@H]2CCCNC2)cc1S(N)(=O)=O. The molecule has 2 heterocycles. The normalized spacial score (nSPS) is 20.2. The van der Waals surface area contributed by atoms with Gasteiger partial charge < -0.3 is 15.1 Å². The molecule has 8 heteroatoms. The summed E-state index contributed by atoms with van der Waals surface area (Å²) in [5.74, 6) is -0.340. The standard InChI is InChI=1S/C11H17N3O4S/c1-7-10(19(12,16)17)5-9(18-7)11(15)14-8-3-2-4-13-6-8/h5,8,13H,2-4,6H2,1H3,(H,14,15)(H2,12,16,17)/t8-/m0/s1. The fourth-order valence-electron chi connectivity index (χ4n) is 2.09. The predicted octanol–water partition coefficient (Wildman–Crippen LogP) is -0.283. The highest BCUT2D eigenvalue weighted by Gasteiger charge is 2.23. The molecule has 7 nitrogen and oxygen atoms in total. The van der Waals surface area contributed by atoms with E-state index < -0.39 is 15.9 Å². The number of nitrogens with two attached hydrogens (primary N) is 1. The Labute approximate surface area is 111 Å². The highest BCUT2D eigenvalue weighted by molar-refractivity contribution is 7.89. The number of primary sulfonamides is 1. The molecular formula is C11H17N3O4S. The first-order chi connectivity index (χ1) is 8.88. The van der Waals surface area contributed by atoms with E-state index in [1.807, 2.05) is 0 Å². The van der Waals surface area contributed by atoms with Crippen molar-refractivity contribution < 1.29 is 17.6 Å². The van der Waals surface area contributed by atoms with Crippen molar-refractivity contribution >= 4 is 15.9 Å². The third-order valence-electron chi connectivity index (χ3n) is 3.03. The highest BCUT2D eigenvalue weighted by Crippen LogP contribution is 2.18. The van der Waals surface area contributed by atoms with Crippen LogP contribution in [-0.2, 0) is 10.0 Å². The van der Waals surface area contributed by atoms with Crippen molar-refractivity contribution in [1.82, 2.24) is 10.6 Å². The minimum atomic E-state index is -3.87. The third-order valence-corrected chi connectivity index (χ3v) is 4.05. The molecule has 0 radical (unpaired) electrons. The number of rotatable bonds is 3. The number of hydrogen-bond acceptors (Lipinski definition) is 5. The number of sulfonamides is 1. The maximum Gasteiger partial charge on any atom is 0.287 e. The molecule has 1 fully saturated rings. The number of aryl methyl sites for hydroxylation is 1. The first-order valence-electron chi connectivity index (χ1n) is 6.03. The zero-order chi connectivity index (χ0) is 14.0. The van der Waals surface area contributed by atoms with E-state index >= 15 is 0 Å². The molecule has 1 atom stereocenters. The number of carbonyl (C=O) groups excluding carboxylic acids is 1. The minimum absolute atomic E-state index is 0.0320. The quantitative estimate of drug-likeness (QED) is 0.707. The smallest absolute Gasteiger partial charge is 0.287 e. The van der Waals surface area contributed by atoms with Gasteiger partial charge in [-0.2, -0.15) is 0 Å². The molecule has 1 saturated heterocycles. The van der Waals surface area contributed by atoms with Crippen LogP contribution in [0, 0.1) is 6.92 Å². The number of hydrogen-bond donors (Lipinski definition) is 3. The maximum atomic E-state index is 11.9. The summed E-state index contributed by atoms with van der Waals surface area (Å²) in [6.07, 6.45) is 1.88. The summed E-state index contributed by atoms with van der Waals surface area (Å²) in [6, 6.07) is 1.19. The van der Waals surface area contributed by atoms with E-state index in [4.69, 9.17) is 9.56 Å². The zero-order valence-corrected chi connectivity index (χ0v) is 11.4. The average molecular weight is 287 g/mol. The van der Waals surface area contributed by atoms with E-state index in [1.54, 1.807) is 0 Å². The summed E-state index contributed by atoms with van der Waals surface area (Å²) in [7, 11) is -3.87.